The van der Waals surface area contributed by atoms with E-state index in [0.717, 1.165) is 12.1 Å². The van der Waals surface area contributed by atoms with Crippen LogP contribution in [0.5, 0.6) is 0 Å². The molecule has 0 saturated carbocycles. The smallest absolute Gasteiger partial charge is 0.306 e. The predicted molar refractivity (Wildman–Crippen MR) is 69.2 cm³/mol. The van der Waals surface area contributed by atoms with Crippen LogP contribution in [0.1, 0.15) is 37.7 Å². The summed E-state index contributed by atoms with van der Waals surface area (Å²) in [5.41, 5.74) is 3.60. The van der Waals surface area contributed by atoms with E-state index in [9.17, 15) is 4.79 Å². The summed E-state index contributed by atoms with van der Waals surface area (Å²) in [6, 6.07) is 2.12. The van der Waals surface area contributed by atoms with Gasteiger partial charge in [0.1, 0.15) is 0 Å². The third-order valence-electron chi connectivity index (χ3n) is 3.17. The molecule has 0 aliphatic carbocycles. The zero-order chi connectivity index (χ0) is 13.2. The van der Waals surface area contributed by atoms with Gasteiger partial charge in [-0.1, -0.05) is 20.8 Å². The number of aryl methyl sites for hydroxylation is 1. The number of hydrogen-bond donors (Lipinski definition) is 1. The molecule has 96 valence electrons. The van der Waals surface area contributed by atoms with E-state index < -0.39 is 5.97 Å². The molecular weight excluding hydrogens is 214 g/mol. The van der Waals surface area contributed by atoms with Crippen LogP contribution in [0, 0.1) is 25.7 Å². The van der Waals surface area contributed by atoms with Gasteiger partial charge in [0.15, 0.2) is 0 Å². The van der Waals surface area contributed by atoms with Crippen molar-refractivity contribution in [1.82, 2.24) is 4.57 Å². The third kappa shape index (κ3) is 3.35. The van der Waals surface area contributed by atoms with Gasteiger partial charge in [-0.15, -0.1) is 0 Å². The number of hydrogen-bond acceptors (Lipinski definition) is 1. The second-order valence-corrected chi connectivity index (χ2v) is 5.34. The van der Waals surface area contributed by atoms with Crippen molar-refractivity contribution in [2.24, 2.45) is 11.8 Å². The first-order chi connectivity index (χ1) is 7.82. The fraction of sp³-hybridized carbons (Fsp3) is 0.643. The summed E-state index contributed by atoms with van der Waals surface area (Å²) in [7, 11) is 0. The second kappa shape index (κ2) is 5.39. The van der Waals surface area contributed by atoms with Crippen LogP contribution in [-0.4, -0.2) is 15.6 Å². The van der Waals surface area contributed by atoms with Gasteiger partial charge in [0.05, 0.1) is 5.92 Å². The van der Waals surface area contributed by atoms with Gasteiger partial charge in [0.25, 0.3) is 0 Å². The number of nitrogens with zero attached hydrogens (tertiary/aromatic N) is 1. The van der Waals surface area contributed by atoms with Crippen LogP contribution < -0.4 is 0 Å². The summed E-state index contributed by atoms with van der Waals surface area (Å²) < 4.78 is 2.29. The summed E-state index contributed by atoms with van der Waals surface area (Å²) in [5.74, 6) is -0.439. The summed E-state index contributed by atoms with van der Waals surface area (Å²) >= 11 is 0. The van der Waals surface area contributed by atoms with Gasteiger partial charge < -0.3 is 9.67 Å². The maximum absolute atomic E-state index is 10.9. The van der Waals surface area contributed by atoms with Crippen LogP contribution in [0.3, 0.4) is 0 Å². The largest absolute Gasteiger partial charge is 0.481 e. The Hall–Kier alpha value is -1.25. The molecular formula is C14H23NO2. The van der Waals surface area contributed by atoms with Gasteiger partial charge in [-0.2, -0.15) is 0 Å². The summed E-state index contributed by atoms with van der Waals surface area (Å²) in [4.78, 5) is 10.9. The molecule has 1 N–H and O–H groups in total. The van der Waals surface area contributed by atoms with E-state index in [1.165, 1.54) is 11.4 Å². The molecule has 1 aromatic rings. The van der Waals surface area contributed by atoms with Crippen molar-refractivity contribution in [2.45, 2.75) is 47.6 Å². The highest BCUT2D eigenvalue weighted by Crippen LogP contribution is 2.20. The third-order valence-corrected chi connectivity index (χ3v) is 3.17. The lowest BCUT2D eigenvalue weighted by Gasteiger charge is -2.13. The van der Waals surface area contributed by atoms with E-state index in [0.29, 0.717) is 12.3 Å². The molecule has 0 fully saturated rings. The number of carbonyl (C=O) groups is 1. The van der Waals surface area contributed by atoms with Crippen molar-refractivity contribution in [2.75, 3.05) is 0 Å². The van der Waals surface area contributed by atoms with E-state index in [1.54, 1.807) is 6.92 Å². The first-order valence-electron chi connectivity index (χ1n) is 6.21. The molecule has 3 nitrogen and oxygen atoms in total. The molecule has 0 amide bonds. The number of aromatic nitrogens is 1. The Kier molecular flexibility index (Phi) is 4.38. The molecule has 0 saturated heterocycles. The molecule has 1 heterocycles. The zero-order valence-electron chi connectivity index (χ0n) is 11.4. The minimum absolute atomic E-state index is 0.317. The molecule has 0 aliphatic heterocycles. The lowest BCUT2D eigenvalue weighted by Crippen LogP contribution is -2.13. The Morgan fingerprint density at radius 2 is 1.94 bits per heavy atom. The number of carboxylic acids is 1. The fourth-order valence-corrected chi connectivity index (χ4v) is 2.14. The van der Waals surface area contributed by atoms with Gasteiger partial charge >= 0.3 is 5.97 Å². The molecule has 1 atom stereocenters. The highest BCUT2D eigenvalue weighted by Gasteiger charge is 2.16. The van der Waals surface area contributed by atoms with Crippen LogP contribution in [0.2, 0.25) is 0 Å². The highest BCUT2D eigenvalue weighted by molar-refractivity contribution is 5.70. The number of rotatable bonds is 5. The SMILES string of the molecule is Cc1cc(CC(C)C(=O)O)c(C)n1CC(C)C. The molecule has 0 aliphatic rings. The minimum atomic E-state index is -0.723. The van der Waals surface area contributed by atoms with E-state index >= 15 is 0 Å². The lowest BCUT2D eigenvalue weighted by molar-refractivity contribution is -0.141. The van der Waals surface area contributed by atoms with Gasteiger partial charge in [-0.25, -0.2) is 0 Å². The molecule has 17 heavy (non-hydrogen) atoms. The van der Waals surface area contributed by atoms with Crippen molar-refractivity contribution in [3.63, 3.8) is 0 Å². The van der Waals surface area contributed by atoms with Crippen molar-refractivity contribution >= 4 is 5.97 Å². The highest BCUT2D eigenvalue weighted by atomic mass is 16.4. The number of aliphatic carboxylic acids is 1. The molecule has 0 bridgehead atoms. The van der Waals surface area contributed by atoms with Crippen molar-refractivity contribution in [3.8, 4) is 0 Å². The molecule has 0 aromatic carbocycles. The average Bonchev–Trinajstić information content (AvgIpc) is 2.45. The Bertz CT molecular complexity index is 405. The van der Waals surface area contributed by atoms with E-state index in [4.69, 9.17) is 5.11 Å². The van der Waals surface area contributed by atoms with E-state index in [1.807, 2.05) is 0 Å². The predicted octanol–water partition coefficient (Wildman–Crippen LogP) is 3.02. The topological polar surface area (TPSA) is 42.2 Å². The zero-order valence-corrected chi connectivity index (χ0v) is 11.4. The Labute approximate surface area is 103 Å². The van der Waals surface area contributed by atoms with Crippen molar-refractivity contribution in [3.05, 3.63) is 23.0 Å². The number of carboxylic acid groups (broad SMARTS) is 1. The maximum atomic E-state index is 10.9. The van der Waals surface area contributed by atoms with Crippen LogP contribution in [0.4, 0.5) is 0 Å². The maximum Gasteiger partial charge on any atom is 0.306 e. The first kappa shape index (κ1) is 13.8. The van der Waals surface area contributed by atoms with Crippen LogP contribution in [0.15, 0.2) is 6.07 Å². The van der Waals surface area contributed by atoms with Crippen molar-refractivity contribution < 1.29 is 9.90 Å². The summed E-state index contributed by atoms with van der Waals surface area (Å²) in [6.07, 6.45) is 0.618. The molecule has 0 radical (unpaired) electrons. The summed E-state index contributed by atoms with van der Waals surface area (Å²) in [5, 5.41) is 8.95. The standard InChI is InChI=1S/C14H23NO2/c1-9(2)8-15-11(4)7-13(12(15)5)6-10(3)14(16)17/h7,9-10H,6,8H2,1-5H3,(H,16,17). The average molecular weight is 237 g/mol. The Morgan fingerprint density at radius 3 is 2.41 bits per heavy atom. The van der Waals surface area contributed by atoms with Gasteiger partial charge in [0, 0.05) is 17.9 Å². The molecule has 1 unspecified atom stereocenters. The second-order valence-electron chi connectivity index (χ2n) is 5.34. The Balaban J connectivity index is 2.92. The van der Waals surface area contributed by atoms with Crippen LogP contribution in [-0.2, 0) is 17.8 Å². The molecule has 1 rings (SSSR count). The fourth-order valence-electron chi connectivity index (χ4n) is 2.14. The van der Waals surface area contributed by atoms with Crippen LogP contribution >= 0.6 is 0 Å². The first-order valence-corrected chi connectivity index (χ1v) is 6.21. The van der Waals surface area contributed by atoms with Gasteiger partial charge in [-0.3, -0.25) is 4.79 Å². The quantitative estimate of drug-likeness (QED) is 0.855. The van der Waals surface area contributed by atoms with Gasteiger partial charge in [-0.05, 0) is 37.8 Å². The van der Waals surface area contributed by atoms with E-state index in [2.05, 4.69) is 38.3 Å². The van der Waals surface area contributed by atoms with Crippen LogP contribution in [0.25, 0.3) is 0 Å². The molecule has 1 aromatic heterocycles. The Morgan fingerprint density at radius 1 is 1.35 bits per heavy atom. The minimum Gasteiger partial charge on any atom is -0.481 e. The van der Waals surface area contributed by atoms with Gasteiger partial charge in [0.2, 0.25) is 0 Å². The molecule has 0 spiro atoms. The summed E-state index contributed by atoms with van der Waals surface area (Å²) in [6.45, 7) is 11.3. The lowest BCUT2D eigenvalue weighted by atomic mass is 10.0. The van der Waals surface area contributed by atoms with Crippen molar-refractivity contribution in [1.29, 1.82) is 0 Å². The van der Waals surface area contributed by atoms with E-state index in [-0.39, 0.29) is 5.92 Å². The molecule has 3 heteroatoms. The monoisotopic (exact) mass is 237 g/mol. The normalized spacial score (nSPS) is 13.1.